The Morgan fingerprint density at radius 2 is 1.91 bits per heavy atom. The second-order valence-electron chi connectivity index (χ2n) is 7.77. The predicted molar refractivity (Wildman–Crippen MR) is 124 cm³/mol. The number of rotatable bonds is 4. The number of fused-ring (bicyclic) bond motifs is 1. The standard InChI is InChI=1S/C23H25FN6O2/c1-29-9-11-30(12-10-29)23(32)15-5-7-17(8-6-15)26-14-20(28-25)18-13-16-3-2-4-19(24)21(16)27-22(18)31/h2-8,13-14,22,27,31H,9-12,25H2,1H3. The van der Waals surface area contributed by atoms with Crippen LogP contribution in [-0.4, -0.2) is 72.2 Å². The zero-order valence-electron chi connectivity index (χ0n) is 17.7. The quantitative estimate of drug-likeness (QED) is 0.386. The Kier molecular flexibility index (Phi) is 6.29. The van der Waals surface area contributed by atoms with Crippen molar-refractivity contribution >= 4 is 35.3 Å². The van der Waals surface area contributed by atoms with Crippen LogP contribution >= 0.6 is 0 Å². The van der Waals surface area contributed by atoms with E-state index in [1.807, 2.05) is 11.9 Å². The molecule has 0 spiro atoms. The van der Waals surface area contributed by atoms with E-state index in [-0.39, 0.29) is 17.3 Å². The van der Waals surface area contributed by atoms with Gasteiger partial charge < -0.3 is 26.1 Å². The largest absolute Gasteiger partial charge is 0.369 e. The van der Waals surface area contributed by atoms with Crippen molar-refractivity contribution in [3.05, 3.63) is 65.0 Å². The molecule has 0 radical (unpaired) electrons. The van der Waals surface area contributed by atoms with Crippen molar-refractivity contribution in [3.63, 3.8) is 0 Å². The number of carbonyl (C=O) groups is 1. The predicted octanol–water partition coefficient (Wildman–Crippen LogP) is 2.06. The number of nitrogens with one attached hydrogen (secondary N) is 1. The average Bonchev–Trinajstić information content (AvgIpc) is 2.81. The minimum atomic E-state index is -1.18. The first-order chi connectivity index (χ1) is 15.5. The number of para-hydroxylation sites is 1. The van der Waals surface area contributed by atoms with E-state index in [0.29, 0.717) is 35.5 Å². The van der Waals surface area contributed by atoms with Gasteiger partial charge in [-0.1, -0.05) is 12.1 Å². The number of hydrazone groups is 1. The van der Waals surface area contributed by atoms with Crippen molar-refractivity contribution < 1.29 is 14.3 Å². The highest BCUT2D eigenvalue weighted by Gasteiger charge is 2.24. The maximum atomic E-state index is 13.9. The lowest BCUT2D eigenvalue weighted by Gasteiger charge is -2.32. The maximum Gasteiger partial charge on any atom is 0.253 e. The van der Waals surface area contributed by atoms with Gasteiger partial charge in [0.1, 0.15) is 11.5 Å². The number of aliphatic hydroxyl groups is 1. The number of nitrogens with two attached hydrogens (primary N) is 1. The number of aliphatic imine (C=N–C) groups is 1. The van der Waals surface area contributed by atoms with Crippen LogP contribution in [0.5, 0.6) is 0 Å². The molecule has 0 saturated carbocycles. The summed E-state index contributed by atoms with van der Waals surface area (Å²) in [6, 6.07) is 11.6. The van der Waals surface area contributed by atoms with Crippen LogP contribution in [0.3, 0.4) is 0 Å². The Morgan fingerprint density at radius 3 is 2.59 bits per heavy atom. The molecule has 1 fully saturated rings. The molecule has 2 aromatic rings. The third kappa shape index (κ3) is 4.53. The van der Waals surface area contributed by atoms with E-state index in [4.69, 9.17) is 5.84 Å². The normalized spacial score (nSPS) is 19.5. The summed E-state index contributed by atoms with van der Waals surface area (Å²) in [6.45, 7) is 3.15. The molecule has 2 aromatic carbocycles. The summed E-state index contributed by atoms with van der Waals surface area (Å²) in [7, 11) is 2.04. The lowest BCUT2D eigenvalue weighted by molar-refractivity contribution is 0.0664. The molecular formula is C23H25FN6O2. The fourth-order valence-corrected chi connectivity index (χ4v) is 3.69. The third-order valence-electron chi connectivity index (χ3n) is 5.61. The number of hydrogen-bond donors (Lipinski definition) is 3. The molecule has 1 unspecified atom stereocenters. The fraction of sp³-hybridized carbons (Fsp3) is 0.261. The van der Waals surface area contributed by atoms with Crippen molar-refractivity contribution in [1.29, 1.82) is 0 Å². The van der Waals surface area contributed by atoms with E-state index in [2.05, 4.69) is 20.3 Å². The molecular weight excluding hydrogens is 411 g/mol. The van der Waals surface area contributed by atoms with Crippen molar-refractivity contribution in [1.82, 2.24) is 9.80 Å². The van der Waals surface area contributed by atoms with Crippen LogP contribution in [0, 0.1) is 5.82 Å². The van der Waals surface area contributed by atoms with Crippen LogP contribution in [0.1, 0.15) is 15.9 Å². The van der Waals surface area contributed by atoms with Crippen LogP contribution in [0.25, 0.3) is 6.08 Å². The SMILES string of the molecule is CN1CCN(C(=O)c2ccc(N=CC(=NN)C3=Cc4cccc(F)c4NC3O)cc2)CC1. The second-order valence-corrected chi connectivity index (χ2v) is 7.77. The lowest BCUT2D eigenvalue weighted by atomic mass is 9.99. The minimum absolute atomic E-state index is 0.00490. The Labute approximate surface area is 185 Å². The van der Waals surface area contributed by atoms with E-state index in [1.54, 1.807) is 42.5 Å². The first kappa shape index (κ1) is 21.7. The maximum absolute atomic E-state index is 13.9. The summed E-state index contributed by atoms with van der Waals surface area (Å²) in [5, 5.41) is 16.8. The van der Waals surface area contributed by atoms with E-state index in [0.717, 1.165) is 13.1 Å². The first-order valence-corrected chi connectivity index (χ1v) is 10.3. The van der Waals surface area contributed by atoms with Crippen LogP contribution < -0.4 is 11.2 Å². The molecule has 2 aliphatic heterocycles. The number of nitrogens with zero attached hydrogens (tertiary/aromatic N) is 4. The first-order valence-electron chi connectivity index (χ1n) is 10.3. The van der Waals surface area contributed by atoms with Crippen LogP contribution in [0.4, 0.5) is 15.8 Å². The van der Waals surface area contributed by atoms with Crippen LogP contribution in [0.15, 0.2) is 58.1 Å². The van der Waals surface area contributed by atoms with E-state index >= 15 is 0 Å². The highest BCUT2D eigenvalue weighted by Crippen LogP contribution is 2.29. The number of carbonyl (C=O) groups excluding carboxylic acids is 1. The molecule has 4 N–H and O–H groups in total. The molecule has 1 saturated heterocycles. The number of benzene rings is 2. The van der Waals surface area contributed by atoms with Crippen molar-refractivity contribution in [2.45, 2.75) is 6.23 Å². The van der Waals surface area contributed by atoms with E-state index in [9.17, 15) is 14.3 Å². The summed E-state index contributed by atoms with van der Waals surface area (Å²) in [5.74, 6) is 5.07. The molecule has 166 valence electrons. The second kappa shape index (κ2) is 9.29. The van der Waals surface area contributed by atoms with Gasteiger partial charge in [-0.15, -0.1) is 0 Å². The van der Waals surface area contributed by atoms with E-state index in [1.165, 1.54) is 12.3 Å². The summed E-state index contributed by atoms with van der Waals surface area (Å²) in [5.41, 5.74) is 2.62. The number of amides is 1. The summed E-state index contributed by atoms with van der Waals surface area (Å²) < 4.78 is 13.9. The zero-order valence-corrected chi connectivity index (χ0v) is 17.7. The number of hydrogen-bond acceptors (Lipinski definition) is 7. The highest BCUT2D eigenvalue weighted by molar-refractivity contribution is 6.40. The Balaban J connectivity index is 1.48. The van der Waals surface area contributed by atoms with Gasteiger partial charge in [-0.05, 0) is 43.5 Å². The topological polar surface area (TPSA) is 107 Å². The molecule has 9 heteroatoms. The van der Waals surface area contributed by atoms with Gasteiger partial charge in [0.15, 0.2) is 6.23 Å². The molecule has 0 aliphatic carbocycles. The van der Waals surface area contributed by atoms with Gasteiger partial charge in [0.25, 0.3) is 5.91 Å². The Morgan fingerprint density at radius 1 is 1.19 bits per heavy atom. The molecule has 0 aromatic heterocycles. The molecule has 2 heterocycles. The van der Waals surface area contributed by atoms with Crippen molar-refractivity contribution in [3.8, 4) is 0 Å². The summed E-state index contributed by atoms with van der Waals surface area (Å²) in [6.07, 6.45) is 1.87. The van der Waals surface area contributed by atoms with Gasteiger partial charge in [0, 0.05) is 42.9 Å². The highest BCUT2D eigenvalue weighted by atomic mass is 19.1. The molecule has 8 nitrogen and oxygen atoms in total. The number of halogens is 1. The van der Waals surface area contributed by atoms with Gasteiger partial charge in [-0.2, -0.15) is 5.10 Å². The lowest BCUT2D eigenvalue weighted by Crippen LogP contribution is -2.47. The molecule has 1 amide bonds. The van der Waals surface area contributed by atoms with E-state index < -0.39 is 12.0 Å². The minimum Gasteiger partial charge on any atom is -0.369 e. The number of piperazine rings is 1. The monoisotopic (exact) mass is 436 g/mol. The van der Waals surface area contributed by atoms with Gasteiger partial charge in [0.2, 0.25) is 0 Å². The van der Waals surface area contributed by atoms with Crippen molar-refractivity contribution in [2.75, 3.05) is 38.5 Å². The molecule has 32 heavy (non-hydrogen) atoms. The Hall–Kier alpha value is -3.56. The smallest absolute Gasteiger partial charge is 0.253 e. The fourth-order valence-electron chi connectivity index (χ4n) is 3.69. The van der Waals surface area contributed by atoms with Crippen LogP contribution in [-0.2, 0) is 0 Å². The van der Waals surface area contributed by atoms with Gasteiger partial charge >= 0.3 is 0 Å². The van der Waals surface area contributed by atoms with Gasteiger partial charge in [-0.25, -0.2) is 4.39 Å². The van der Waals surface area contributed by atoms with Crippen molar-refractivity contribution in [2.24, 2.45) is 15.9 Å². The van der Waals surface area contributed by atoms with Gasteiger partial charge in [0.05, 0.1) is 17.6 Å². The van der Waals surface area contributed by atoms with Crippen LogP contribution in [0.2, 0.25) is 0 Å². The number of anilines is 1. The Bertz CT molecular complexity index is 1090. The molecule has 2 aliphatic rings. The van der Waals surface area contributed by atoms with Gasteiger partial charge in [-0.3, -0.25) is 9.79 Å². The molecule has 0 bridgehead atoms. The number of likely N-dealkylation sites (N-methyl/N-ethyl adjacent to an activating group) is 1. The third-order valence-corrected chi connectivity index (χ3v) is 5.61. The zero-order chi connectivity index (χ0) is 22.7. The summed E-state index contributed by atoms with van der Waals surface area (Å²) >= 11 is 0. The summed E-state index contributed by atoms with van der Waals surface area (Å²) in [4.78, 5) is 21.1. The molecule has 4 rings (SSSR count). The number of aliphatic hydroxyl groups excluding tert-OH is 1. The molecule has 1 atom stereocenters. The average molecular weight is 436 g/mol.